The fraction of sp³-hybridized carbons (Fsp3) is 0.859. The molecular weight excluding hydrogens is 1220 g/mol. The van der Waals surface area contributed by atoms with Crippen molar-refractivity contribution in [3.8, 4) is 0 Å². The number of allylic oxidation sites excluding steroid dienone is 3. The van der Waals surface area contributed by atoms with Gasteiger partial charge in [-0.1, -0.05) is 72.3 Å². The lowest BCUT2D eigenvalue weighted by atomic mass is 9.32. The van der Waals surface area contributed by atoms with E-state index in [0.717, 1.165) is 5.57 Å². The zero-order chi connectivity index (χ0) is 68.2. The maximum absolute atomic E-state index is 13.9. The van der Waals surface area contributed by atoms with Gasteiger partial charge >= 0.3 is 17.9 Å². The maximum atomic E-state index is 13.9. The van der Waals surface area contributed by atoms with Gasteiger partial charge in [0.05, 0.1) is 49.7 Å². The third-order valence-corrected chi connectivity index (χ3v) is 23.8. The smallest absolute Gasteiger partial charge is 0.335 e. The lowest BCUT2D eigenvalue weighted by molar-refractivity contribution is -0.406. The van der Waals surface area contributed by atoms with Crippen molar-refractivity contribution in [2.24, 2.45) is 50.2 Å². The molecule has 9 rings (SSSR count). The van der Waals surface area contributed by atoms with E-state index in [0.29, 0.717) is 25.7 Å². The van der Waals surface area contributed by atoms with Crippen molar-refractivity contribution in [1.82, 2.24) is 0 Å². The summed E-state index contributed by atoms with van der Waals surface area (Å²) in [6.45, 7) is 19.2. The molecule has 5 aliphatic carbocycles. The van der Waals surface area contributed by atoms with Crippen LogP contribution < -0.4 is 0 Å². The fourth-order valence-corrected chi connectivity index (χ4v) is 17.8. The van der Waals surface area contributed by atoms with Crippen LogP contribution in [0.4, 0.5) is 0 Å². The van der Waals surface area contributed by atoms with Gasteiger partial charge in [0, 0.05) is 22.0 Å². The Bertz CT molecular complexity index is 2760. The minimum Gasteiger partial charge on any atom is -0.479 e. The third-order valence-electron chi connectivity index (χ3n) is 23.8. The van der Waals surface area contributed by atoms with Crippen molar-refractivity contribution < 1.29 is 138 Å². The largest absolute Gasteiger partial charge is 0.479 e. The number of hydrogen-bond acceptors (Lipinski definition) is 27. The highest BCUT2D eigenvalue weighted by atomic mass is 16.8. The van der Waals surface area contributed by atoms with Crippen LogP contribution in [0.15, 0.2) is 34.9 Å². The average molecular weight is 1320 g/mol. The normalized spacial score (nSPS) is 50.2. The number of carbonyl (C=O) groups is 3. The van der Waals surface area contributed by atoms with E-state index < -0.39 is 229 Å². The Morgan fingerprint density at radius 3 is 1.66 bits per heavy atom. The molecule has 0 aromatic carbocycles. The third kappa shape index (κ3) is 11.8. The molecule has 4 aliphatic heterocycles. The van der Waals surface area contributed by atoms with Crippen molar-refractivity contribution in [1.29, 1.82) is 0 Å². The van der Waals surface area contributed by atoms with Gasteiger partial charge in [-0.2, -0.15) is 0 Å². The Morgan fingerprint density at radius 1 is 0.576 bits per heavy atom. The van der Waals surface area contributed by atoms with Crippen molar-refractivity contribution in [3.05, 3.63) is 34.9 Å². The first kappa shape index (κ1) is 73.0. The van der Waals surface area contributed by atoms with E-state index in [1.165, 1.54) is 6.92 Å². The van der Waals surface area contributed by atoms with E-state index in [4.69, 9.17) is 47.4 Å². The molecule has 28 heteroatoms. The Hall–Kier alpha value is -3.25. The number of rotatable bonds is 16. The van der Waals surface area contributed by atoms with Crippen LogP contribution in [0.3, 0.4) is 0 Å². The van der Waals surface area contributed by atoms with Gasteiger partial charge in [0.25, 0.3) is 0 Å². The number of fused-ring (bicyclic) bond motifs is 7. The number of ether oxygens (including phenoxy) is 10. The van der Waals surface area contributed by atoms with Crippen molar-refractivity contribution >= 4 is 17.9 Å². The summed E-state index contributed by atoms with van der Waals surface area (Å²) >= 11 is 0. The Labute approximate surface area is 534 Å². The highest BCUT2D eigenvalue weighted by Gasteiger charge is 2.77. The van der Waals surface area contributed by atoms with Crippen LogP contribution in [0.25, 0.3) is 0 Å². The van der Waals surface area contributed by atoms with Crippen LogP contribution in [0.1, 0.15) is 122 Å². The second-order valence-electron chi connectivity index (χ2n) is 29.3. The molecule has 15 N–H and O–H groups in total. The topological polar surface area (TPSA) is 447 Å². The van der Waals surface area contributed by atoms with Crippen LogP contribution in [-0.4, -0.2) is 268 Å². The summed E-state index contributed by atoms with van der Waals surface area (Å²) in [5.74, 6) is -4.35. The number of aliphatic hydroxyl groups is 14. The first-order valence-electron chi connectivity index (χ1n) is 32.1. The Kier molecular flexibility index (Phi) is 21.3. The van der Waals surface area contributed by atoms with E-state index in [9.17, 15) is 91.0 Å². The van der Waals surface area contributed by atoms with Crippen LogP contribution in [0.5, 0.6) is 0 Å². The zero-order valence-corrected chi connectivity index (χ0v) is 54.3. The highest BCUT2D eigenvalue weighted by molar-refractivity contribution is 5.89. The number of carbonyl (C=O) groups excluding carboxylic acids is 2. The molecule has 0 aromatic rings. The Balaban J connectivity index is 1.07. The molecule has 1 unspecified atom stereocenters. The van der Waals surface area contributed by atoms with Crippen molar-refractivity contribution in [3.63, 3.8) is 0 Å². The standard InChI is InChI=1S/C64H100O28/c1-13-25(3)53(81)91-50-51(92-54(82)26(4)14-2)64(24-67)29(21-59(50,6)7)28-15-16-33-61(10)19-18-34(60(8,9)32(61)17-20-62(33,11)63(28,12)48(77)49(64)78)86-58-47(90-56-42(75)39(72)36(69)30(22-65)84-56)44(43(76)45(88-58)52(79)80)87-57-46(40(73)37(70)31(23-66)85-57)89-55-41(74)38(71)35(68)27(5)83-55/h13-15,27,29-51,55-58,65-78H,16-24H2,1-12H3,(H,79,80)/b25-13-,26-14-/t27-,29-,30+,31+,32?,33+,34-,35-,36+,37-,38+,39-,40-,41+,42+,43-,44-,45-,46+,47+,48-,49+,50+,51-,55-,56-,57-,58+,61-,62+,63-,64-/m0/s1. The quantitative estimate of drug-likeness (QED) is 0.0361. The van der Waals surface area contributed by atoms with Crippen LogP contribution >= 0.6 is 0 Å². The van der Waals surface area contributed by atoms with Gasteiger partial charge in [-0.3, -0.25) is 0 Å². The van der Waals surface area contributed by atoms with Crippen LogP contribution in [0, 0.1) is 50.2 Å². The molecule has 0 bridgehead atoms. The lowest BCUT2D eigenvalue weighted by Gasteiger charge is -2.73. The van der Waals surface area contributed by atoms with Gasteiger partial charge in [0.2, 0.25) is 0 Å². The summed E-state index contributed by atoms with van der Waals surface area (Å²) in [6.07, 6.45) is -37.8. The maximum Gasteiger partial charge on any atom is 0.335 e. The molecule has 8 fully saturated rings. The van der Waals surface area contributed by atoms with Crippen molar-refractivity contribution in [2.75, 3.05) is 19.8 Å². The molecule has 92 heavy (non-hydrogen) atoms. The number of hydrogen-bond donors (Lipinski definition) is 15. The van der Waals surface area contributed by atoms with E-state index in [1.807, 2.05) is 34.6 Å². The van der Waals surface area contributed by atoms with Gasteiger partial charge in [0.15, 0.2) is 37.4 Å². The predicted octanol–water partition coefficient (Wildman–Crippen LogP) is -1.52. The molecule has 0 radical (unpaired) electrons. The lowest BCUT2D eigenvalue weighted by Crippen LogP contribution is -2.76. The average Bonchev–Trinajstić information content (AvgIpc) is 0.663. The molecule has 0 amide bonds. The molecule has 4 heterocycles. The number of aliphatic hydroxyl groups excluding tert-OH is 14. The van der Waals surface area contributed by atoms with Crippen LogP contribution in [0.2, 0.25) is 0 Å². The minimum atomic E-state index is -2.31. The fourth-order valence-electron chi connectivity index (χ4n) is 17.8. The first-order chi connectivity index (χ1) is 42.9. The molecule has 4 saturated carbocycles. The van der Waals surface area contributed by atoms with E-state index in [-0.39, 0.29) is 35.8 Å². The number of carboxylic acid groups (broad SMARTS) is 1. The summed E-state index contributed by atoms with van der Waals surface area (Å²) in [4.78, 5) is 40.9. The number of carboxylic acids is 1. The summed E-state index contributed by atoms with van der Waals surface area (Å²) in [6, 6.07) is 0. The van der Waals surface area contributed by atoms with Gasteiger partial charge in [0.1, 0.15) is 91.6 Å². The van der Waals surface area contributed by atoms with Crippen molar-refractivity contribution in [2.45, 2.75) is 275 Å². The van der Waals surface area contributed by atoms with E-state index in [2.05, 4.69) is 19.9 Å². The number of aliphatic carboxylic acids is 1. The summed E-state index contributed by atoms with van der Waals surface area (Å²) in [7, 11) is 0. The van der Waals surface area contributed by atoms with Gasteiger partial charge in [-0.05, 0) is 107 Å². The van der Waals surface area contributed by atoms with Gasteiger partial charge in [-0.25, -0.2) is 14.4 Å². The molecule has 524 valence electrons. The molecule has 28 nitrogen and oxygen atoms in total. The number of esters is 2. The monoisotopic (exact) mass is 1320 g/mol. The second kappa shape index (κ2) is 26.9. The van der Waals surface area contributed by atoms with Gasteiger partial charge in [-0.15, -0.1) is 0 Å². The highest BCUT2D eigenvalue weighted by Crippen LogP contribution is 2.76. The Morgan fingerprint density at radius 2 is 1.10 bits per heavy atom. The SMILES string of the molecule is C/C=C(/C)C(=O)O[C@@H]1[C@H](OC(=O)/C(C)=C\C)[C@]2(CO)[C@H](O)[C@H](O)[C@]3(C)C(=CC[C@@H]4[C@@]5(C)CC[C@H](O[C@@H]6O[C@H](C(=O)O)[C@@H](O)[C@H](O[C@@H]7O[C@H](CO)[C@H](O)[C@H](O)[C@H]7O[C@@H]7O[C@@H](C)[C@H](O)[C@@H](O)[C@H]7O)[C@H]6O[C@@H]6O[C@H](CO)[C@@H](O)[C@H](O)[C@H]6O)C(C)(C)C5CC[C@]43C)[C@@H]2CC1(C)C. The molecule has 0 spiro atoms. The first-order valence-corrected chi connectivity index (χ1v) is 32.1. The summed E-state index contributed by atoms with van der Waals surface area (Å²) in [5, 5.41) is 170. The molecule has 0 aromatic heterocycles. The van der Waals surface area contributed by atoms with Crippen LogP contribution in [-0.2, 0) is 61.8 Å². The second-order valence-corrected chi connectivity index (χ2v) is 29.3. The van der Waals surface area contributed by atoms with Gasteiger partial charge < -0.3 is 124 Å². The summed E-state index contributed by atoms with van der Waals surface area (Å²) in [5.41, 5.74) is -4.87. The molecular formula is C64H100O28. The molecule has 9 aliphatic rings. The van der Waals surface area contributed by atoms with E-state index in [1.54, 1.807) is 39.8 Å². The van der Waals surface area contributed by atoms with E-state index >= 15 is 0 Å². The molecule has 32 atom stereocenters. The minimum absolute atomic E-state index is 0.220. The summed E-state index contributed by atoms with van der Waals surface area (Å²) < 4.78 is 61.7. The zero-order valence-electron chi connectivity index (χ0n) is 54.3. The predicted molar refractivity (Wildman–Crippen MR) is 314 cm³/mol. The molecule has 4 saturated heterocycles.